The van der Waals surface area contributed by atoms with Gasteiger partial charge in [-0.25, -0.2) is 4.98 Å². The molecule has 0 saturated carbocycles. The maximum absolute atomic E-state index is 5.07. The predicted molar refractivity (Wildman–Crippen MR) is 86.7 cm³/mol. The van der Waals surface area contributed by atoms with E-state index in [2.05, 4.69) is 45.3 Å². The molecule has 0 spiro atoms. The largest absolute Gasteiger partial charge is 0.383 e. The van der Waals surface area contributed by atoms with Gasteiger partial charge < -0.3 is 14.6 Å². The number of thiazole rings is 1. The average Bonchev–Trinajstić information content (AvgIpc) is 3.15. The molecular weight excluding hydrogens is 282 g/mol. The molecule has 0 fully saturated rings. The van der Waals surface area contributed by atoms with Crippen LogP contribution in [0.4, 0.5) is 0 Å². The van der Waals surface area contributed by atoms with Crippen LogP contribution in [0.15, 0.2) is 42.0 Å². The first kappa shape index (κ1) is 14.3. The second-order valence-electron chi connectivity index (χ2n) is 4.89. The van der Waals surface area contributed by atoms with Crippen molar-refractivity contribution in [2.45, 2.75) is 13.1 Å². The highest BCUT2D eigenvalue weighted by molar-refractivity contribution is 7.09. The number of ether oxygens (including phenoxy) is 1. The molecule has 0 aliphatic rings. The number of hydrogen-bond donors (Lipinski definition) is 1. The Hall–Kier alpha value is -1.69. The van der Waals surface area contributed by atoms with E-state index in [4.69, 9.17) is 4.74 Å². The molecule has 0 radical (unpaired) electrons. The van der Waals surface area contributed by atoms with Crippen LogP contribution in [0.5, 0.6) is 0 Å². The van der Waals surface area contributed by atoms with Gasteiger partial charge >= 0.3 is 0 Å². The van der Waals surface area contributed by atoms with E-state index in [0.717, 1.165) is 31.2 Å². The van der Waals surface area contributed by atoms with E-state index in [1.54, 1.807) is 18.4 Å². The van der Waals surface area contributed by atoms with Crippen molar-refractivity contribution in [3.8, 4) is 0 Å². The van der Waals surface area contributed by atoms with Gasteiger partial charge in [-0.3, -0.25) is 0 Å². The van der Waals surface area contributed by atoms with E-state index in [0.29, 0.717) is 0 Å². The first-order valence-electron chi connectivity index (χ1n) is 7.03. The van der Waals surface area contributed by atoms with Gasteiger partial charge in [0.25, 0.3) is 0 Å². The van der Waals surface area contributed by atoms with Crippen molar-refractivity contribution in [1.82, 2.24) is 14.9 Å². The molecule has 1 N–H and O–H groups in total. The summed E-state index contributed by atoms with van der Waals surface area (Å²) in [4.78, 5) is 4.38. The van der Waals surface area contributed by atoms with Crippen LogP contribution < -0.4 is 5.32 Å². The standard InChI is InChI=1S/C16H19N3OS/c1-20-9-6-17-11-14-4-2-3-13-5-8-19(16(13)14)12-15-18-7-10-21-15/h2-5,7-8,10,17H,6,9,11-12H2,1H3. The smallest absolute Gasteiger partial charge is 0.112 e. The Morgan fingerprint density at radius 1 is 1.33 bits per heavy atom. The zero-order valence-corrected chi connectivity index (χ0v) is 12.9. The molecule has 0 aliphatic carbocycles. The lowest BCUT2D eigenvalue weighted by molar-refractivity contribution is 0.199. The molecule has 2 aromatic heterocycles. The van der Waals surface area contributed by atoms with Gasteiger partial charge in [0.15, 0.2) is 0 Å². The Kier molecular flexibility index (Phi) is 4.65. The number of nitrogens with zero attached hydrogens (tertiary/aromatic N) is 2. The van der Waals surface area contributed by atoms with Crippen molar-refractivity contribution in [3.63, 3.8) is 0 Å². The van der Waals surface area contributed by atoms with Crippen molar-refractivity contribution >= 4 is 22.2 Å². The minimum absolute atomic E-state index is 0.732. The Balaban J connectivity index is 1.84. The number of rotatable bonds is 7. The third kappa shape index (κ3) is 3.32. The highest BCUT2D eigenvalue weighted by Crippen LogP contribution is 2.22. The monoisotopic (exact) mass is 301 g/mol. The van der Waals surface area contributed by atoms with Crippen molar-refractivity contribution in [2.75, 3.05) is 20.3 Å². The Morgan fingerprint density at radius 3 is 3.10 bits per heavy atom. The van der Waals surface area contributed by atoms with E-state index in [-0.39, 0.29) is 0 Å². The van der Waals surface area contributed by atoms with Crippen LogP contribution in [-0.2, 0) is 17.8 Å². The summed E-state index contributed by atoms with van der Waals surface area (Å²) in [5.74, 6) is 0. The molecule has 2 heterocycles. The lowest BCUT2D eigenvalue weighted by Gasteiger charge is -2.10. The molecule has 3 rings (SSSR count). The van der Waals surface area contributed by atoms with Crippen LogP contribution in [0, 0.1) is 0 Å². The lowest BCUT2D eigenvalue weighted by Crippen LogP contribution is -2.19. The molecule has 0 atom stereocenters. The lowest BCUT2D eigenvalue weighted by atomic mass is 10.1. The summed E-state index contributed by atoms with van der Waals surface area (Å²) >= 11 is 1.70. The fourth-order valence-corrected chi connectivity index (χ4v) is 3.10. The zero-order valence-electron chi connectivity index (χ0n) is 12.1. The van der Waals surface area contributed by atoms with Crippen LogP contribution in [0.2, 0.25) is 0 Å². The maximum atomic E-state index is 5.07. The van der Waals surface area contributed by atoms with Gasteiger partial charge in [0.05, 0.1) is 18.7 Å². The second-order valence-corrected chi connectivity index (χ2v) is 5.87. The summed E-state index contributed by atoms with van der Waals surface area (Å²) in [6.45, 7) is 3.27. The van der Waals surface area contributed by atoms with Gasteiger partial charge in [0, 0.05) is 38.0 Å². The quantitative estimate of drug-likeness (QED) is 0.682. The highest BCUT2D eigenvalue weighted by atomic mass is 32.1. The van der Waals surface area contributed by atoms with Gasteiger partial charge in [-0.1, -0.05) is 18.2 Å². The van der Waals surface area contributed by atoms with Gasteiger partial charge in [-0.2, -0.15) is 0 Å². The van der Waals surface area contributed by atoms with Crippen molar-refractivity contribution < 1.29 is 4.74 Å². The summed E-state index contributed by atoms with van der Waals surface area (Å²) in [6.07, 6.45) is 4.00. The predicted octanol–water partition coefficient (Wildman–Crippen LogP) is 2.88. The van der Waals surface area contributed by atoms with E-state index < -0.39 is 0 Å². The Labute approximate surface area is 128 Å². The molecule has 0 unspecified atom stereocenters. The van der Waals surface area contributed by atoms with Gasteiger partial charge in [0.1, 0.15) is 5.01 Å². The third-order valence-electron chi connectivity index (χ3n) is 3.46. The number of aromatic nitrogens is 2. The minimum Gasteiger partial charge on any atom is -0.383 e. The molecule has 3 aromatic rings. The number of para-hydroxylation sites is 1. The van der Waals surface area contributed by atoms with E-state index in [1.807, 2.05) is 11.6 Å². The molecule has 0 saturated heterocycles. The third-order valence-corrected chi connectivity index (χ3v) is 4.22. The number of nitrogens with one attached hydrogen (secondary N) is 1. The van der Waals surface area contributed by atoms with Crippen molar-refractivity contribution in [2.24, 2.45) is 0 Å². The van der Waals surface area contributed by atoms with Crippen LogP contribution in [0.1, 0.15) is 10.6 Å². The normalized spacial score (nSPS) is 11.3. The van der Waals surface area contributed by atoms with Crippen LogP contribution in [-0.4, -0.2) is 29.8 Å². The molecular formula is C16H19N3OS. The molecule has 0 aliphatic heterocycles. The molecule has 110 valence electrons. The fourth-order valence-electron chi connectivity index (χ4n) is 2.49. The number of benzene rings is 1. The molecule has 1 aromatic carbocycles. The highest BCUT2D eigenvalue weighted by Gasteiger charge is 2.07. The number of methoxy groups -OCH3 is 1. The van der Waals surface area contributed by atoms with Gasteiger partial charge in [-0.15, -0.1) is 11.3 Å². The number of fused-ring (bicyclic) bond motifs is 1. The fraction of sp³-hybridized carbons (Fsp3) is 0.312. The van der Waals surface area contributed by atoms with E-state index in [9.17, 15) is 0 Å². The van der Waals surface area contributed by atoms with Crippen LogP contribution in [0.25, 0.3) is 10.9 Å². The first-order valence-corrected chi connectivity index (χ1v) is 7.91. The van der Waals surface area contributed by atoms with E-state index in [1.165, 1.54) is 16.5 Å². The SMILES string of the molecule is COCCNCc1cccc2ccn(Cc3nccs3)c12. The van der Waals surface area contributed by atoms with Crippen LogP contribution in [0.3, 0.4) is 0 Å². The minimum atomic E-state index is 0.732. The maximum Gasteiger partial charge on any atom is 0.112 e. The summed E-state index contributed by atoms with van der Waals surface area (Å²) in [7, 11) is 1.72. The van der Waals surface area contributed by atoms with Gasteiger partial charge in [-0.05, 0) is 17.0 Å². The molecule has 4 nitrogen and oxygen atoms in total. The van der Waals surface area contributed by atoms with E-state index >= 15 is 0 Å². The second kappa shape index (κ2) is 6.85. The van der Waals surface area contributed by atoms with Crippen molar-refractivity contribution in [1.29, 1.82) is 0 Å². The molecule has 0 bridgehead atoms. The summed E-state index contributed by atoms with van der Waals surface area (Å²) in [6, 6.07) is 8.62. The first-order chi connectivity index (χ1) is 10.4. The molecule has 5 heteroatoms. The molecule has 21 heavy (non-hydrogen) atoms. The Morgan fingerprint density at radius 2 is 2.29 bits per heavy atom. The Bertz CT molecular complexity index is 691. The zero-order chi connectivity index (χ0) is 14.5. The van der Waals surface area contributed by atoms with Gasteiger partial charge in [0.2, 0.25) is 0 Å². The number of hydrogen-bond acceptors (Lipinski definition) is 4. The summed E-state index contributed by atoms with van der Waals surface area (Å²) < 4.78 is 7.35. The topological polar surface area (TPSA) is 39.1 Å². The van der Waals surface area contributed by atoms with Crippen LogP contribution >= 0.6 is 11.3 Å². The average molecular weight is 301 g/mol. The summed E-state index contributed by atoms with van der Waals surface area (Å²) in [5, 5.41) is 7.85. The van der Waals surface area contributed by atoms with Crippen molar-refractivity contribution in [3.05, 3.63) is 52.6 Å². The molecule has 0 amide bonds. The summed E-state index contributed by atoms with van der Waals surface area (Å²) in [5.41, 5.74) is 2.60.